The van der Waals surface area contributed by atoms with Crippen LogP contribution in [0.25, 0.3) is 22.2 Å². The van der Waals surface area contributed by atoms with Crippen LogP contribution >= 0.6 is 0 Å². The Morgan fingerprint density at radius 2 is 1.92 bits per heavy atom. The molecule has 1 aliphatic heterocycles. The average Bonchev–Trinajstić information content (AvgIpc) is 3.39. The van der Waals surface area contributed by atoms with E-state index in [1.54, 1.807) is 26.2 Å². The first-order valence-electron chi connectivity index (χ1n) is 12.1. The summed E-state index contributed by atoms with van der Waals surface area (Å²) in [6, 6.07) is 15.6. The molecule has 1 aliphatic rings. The molecule has 3 aromatic heterocycles. The second-order valence-electron chi connectivity index (χ2n) is 9.76. The molecule has 186 valence electrons. The Morgan fingerprint density at radius 3 is 2.61 bits per heavy atom. The number of aliphatic hydroxyl groups is 1. The Kier molecular flexibility index (Phi) is 6.67. The van der Waals surface area contributed by atoms with Crippen molar-refractivity contribution in [2.45, 2.75) is 32.4 Å². The average molecular weight is 487 g/mol. The largest absolute Gasteiger partial charge is 0.439 e. The Hall–Kier alpha value is -3.82. The molecule has 0 spiro atoms. The normalized spacial score (nSPS) is 14.8. The molecule has 0 saturated carbocycles. The van der Waals surface area contributed by atoms with Crippen LogP contribution in [0.1, 0.15) is 26.0 Å². The maximum Gasteiger partial charge on any atom is 0.225 e. The highest BCUT2D eigenvalue weighted by Gasteiger charge is 2.26. The van der Waals surface area contributed by atoms with Crippen LogP contribution in [0.5, 0.6) is 11.6 Å². The SMILES string of the molecule is CC(C)(O)CC(=O)N1CCN(Cc2ccc3cc(Oc4ccc(-c5ccn[nH]5)cn4)ccc3n2)CC1. The summed E-state index contributed by atoms with van der Waals surface area (Å²) in [6.45, 7) is 6.97. The van der Waals surface area contributed by atoms with Gasteiger partial charge in [0.25, 0.3) is 0 Å². The Balaban J connectivity index is 1.18. The van der Waals surface area contributed by atoms with E-state index in [9.17, 15) is 9.90 Å². The van der Waals surface area contributed by atoms with Gasteiger partial charge in [-0.2, -0.15) is 5.10 Å². The van der Waals surface area contributed by atoms with Crippen LogP contribution in [-0.2, 0) is 11.3 Å². The highest BCUT2D eigenvalue weighted by Crippen LogP contribution is 2.26. The van der Waals surface area contributed by atoms with E-state index in [4.69, 9.17) is 9.72 Å². The van der Waals surface area contributed by atoms with Gasteiger partial charge in [0.2, 0.25) is 11.8 Å². The summed E-state index contributed by atoms with van der Waals surface area (Å²) in [4.78, 5) is 25.7. The number of carbonyl (C=O) groups is 1. The first kappa shape index (κ1) is 23.9. The van der Waals surface area contributed by atoms with E-state index >= 15 is 0 Å². The number of fused-ring (bicyclic) bond motifs is 1. The molecule has 1 amide bonds. The van der Waals surface area contributed by atoms with E-state index < -0.39 is 5.60 Å². The number of hydrogen-bond acceptors (Lipinski definition) is 7. The number of nitrogens with one attached hydrogen (secondary N) is 1. The quantitative estimate of drug-likeness (QED) is 0.411. The fourth-order valence-corrected chi connectivity index (χ4v) is 4.30. The molecule has 0 atom stereocenters. The lowest BCUT2D eigenvalue weighted by Gasteiger charge is -2.35. The molecule has 0 radical (unpaired) electrons. The van der Waals surface area contributed by atoms with Crippen molar-refractivity contribution in [3.63, 3.8) is 0 Å². The summed E-state index contributed by atoms with van der Waals surface area (Å²) in [7, 11) is 0. The van der Waals surface area contributed by atoms with Gasteiger partial charge in [-0.05, 0) is 50.2 Å². The summed E-state index contributed by atoms with van der Waals surface area (Å²) < 4.78 is 5.95. The molecule has 1 saturated heterocycles. The van der Waals surface area contributed by atoms with E-state index in [2.05, 4.69) is 26.1 Å². The molecule has 1 fully saturated rings. The van der Waals surface area contributed by atoms with E-state index in [0.29, 0.717) is 24.7 Å². The van der Waals surface area contributed by atoms with Crippen molar-refractivity contribution >= 4 is 16.8 Å². The lowest BCUT2D eigenvalue weighted by Crippen LogP contribution is -2.49. The number of nitrogens with zero attached hydrogens (tertiary/aromatic N) is 5. The van der Waals surface area contributed by atoms with Crippen LogP contribution in [0.3, 0.4) is 0 Å². The van der Waals surface area contributed by atoms with Gasteiger partial charge in [0.15, 0.2) is 0 Å². The van der Waals surface area contributed by atoms with Crippen molar-refractivity contribution in [3.8, 4) is 22.9 Å². The van der Waals surface area contributed by atoms with Gasteiger partial charge in [-0.3, -0.25) is 19.8 Å². The van der Waals surface area contributed by atoms with Crippen molar-refractivity contribution in [2.24, 2.45) is 0 Å². The van der Waals surface area contributed by atoms with Crippen molar-refractivity contribution in [1.82, 2.24) is 30.0 Å². The van der Waals surface area contributed by atoms with Gasteiger partial charge in [0, 0.05) is 62.1 Å². The van der Waals surface area contributed by atoms with E-state index in [-0.39, 0.29) is 12.3 Å². The first-order valence-corrected chi connectivity index (χ1v) is 12.1. The standard InChI is InChI=1S/C27H30N6O3/c1-27(2,35)16-26(34)33-13-11-32(12-14-33)18-21-5-3-19-15-22(6-7-23(19)30-21)36-25-8-4-20(17-28-25)24-9-10-29-31-24/h3-10,15,17,35H,11-14,16,18H2,1-2H3,(H,29,31). The first-order chi connectivity index (χ1) is 17.3. The number of hydrogen-bond donors (Lipinski definition) is 2. The number of rotatable bonds is 7. The lowest BCUT2D eigenvalue weighted by atomic mass is 10.0. The third-order valence-corrected chi connectivity index (χ3v) is 6.18. The van der Waals surface area contributed by atoms with Gasteiger partial charge < -0.3 is 14.7 Å². The van der Waals surface area contributed by atoms with Gasteiger partial charge in [0.05, 0.1) is 28.9 Å². The van der Waals surface area contributed by atoms with E-state index in [1.807, 2.05) is 47.4 Å². The van der Waals surface area contributed by atoms with E-state index in [0.717, 1.165) is 47.5 Å². The van der Waals surface area contributed by atoms with Crippen LogP contribution in [0, 0.1) is 0 Å². The maximum absolute atomic E-state index is 12.3. The zero-order chi connectivity index (χ0) is 25.1. The Labute approximate surface area is 209 Å². The predicted molar refractivity (Wildman–Crippen MR) is 136 cm³/mol. The van der Waals surface area contributed by atoms with Crippen molar-refractivity contribution in [3.05, 3.63) is 66.6 Å². The fraction of sp³-hybridized carbons (Fsp3) is 0.333. The highest BCUT2D eigenvalue weighted by atomic mass is 16.5. The summed E-state index contributed by atoms with van der Waals surface area (Å²) in [5.41, 5.74) is 2.76. The zero-order valence-electron chi connectivity index (χ0n) is 20.5. The number of aromatic amines is 1. The number of H-pyrrole nitrogens is 1. The molecular formula is C27H30N6O3. The van der Waals surface area contributed by atoms with E-state index in [1.165, 1.54) is 0 Å². The Morgan fingerprint density at radius 1 is 1.08 bits per heavy atom. The number of pyridine rings is 2. The van der Waals surface area contributed by atoms with Gasteiger partial charge in [0.1, 0.15) is 5.75 Å². The minimum atomic E-state index is -0.976. The summed E-state index contributed by atoms with van der Waals surface area (Å²) in [5, 5.41) is 17.8. The van der Waals surface area contributed by atoms with Crippen LogP contribution in [-0.4, -0.2) is 72.8 Å². The Bertz CT molecular complexity index is 1320. The van der Waals surface area contributed by atoms with Crippen molar-refractivity contribution < 1.29 is 14.6 Å². The molecule has 1 aromatic carbocycles. The molecule has 9 nitrogen and oxygen atoms in total. The monoisotopic (exact) mass is 486 g/mol. The number of ether oxygens (including phenoxy) is 1. The minimum Gasteiger partial charge on any atom is -0.439 e. The number of piperazine rings is 1. The fourth-order valence-electron chi connectivity index (χ4n) is 4.30. The smallest absolute Gasteiger partial charge is 0.225 e. The maximum atomic E-state index is 12.3. The number of benzene rings is 1. The molecule has 4 heterocycles. The number of carbonyl (C=O) groups excluding carboxylic acids is 1. The third kappa shape index (κ3) is 5.87. The van der Waals surface area contributed by atoms with Crippen LogP contribution in [0.15, 0.2) is 60.9 Å². The van der Waals surface area contributed by atoms with Crippen LogP contribution in [0.2, 0.25) is 0 Å². The van der Waals surface area contributed by atoms with Gasteiger partial charge in [-0.15, -0.1) is 0 Å². The van der Waals surface area contributed by atoms with Crippen LogP contribution < -0.4 is 4.74 Å². The summed E-state index contributed by atoms with van der Waals surface area (Å²) in [6.07, 6.45) is 3.61. The molecular weight excluding hydrogens is 456 g/mol. The summed E-state index contributed by atoms with van der Waals surface area (Å²) in [5.74, 6) is 1.22. The van der Waals surface area contributed by atoms with Crippen LogP contribution in [0.4, 0.5) is 0 Å². The second-order valence-corrected chi connectivity index (χ2v) is 9.76. The molecule has 36 heavy (non-hydrogen) atoms. The molecule has 9 heteroatoms. The highest BCUT2D eigenvalue weighted by molar-refractivity contribution is 5.80. The lowest BCUT2D eigenvalue weighted by molar-refractivity contribution is -0.137. The molecule has 2 N–H and O–H groups in total. The zero-order valence-corrected chi connectivity index (χ0v) is 20.5. The van der Waals surface area contributed by atoms with Gasteiger partial charge >= 0.3 is 0 Å². The van der Waals surface area contributed by atoms with Gasteiger partial charge in [-0.1, -0.05) is 6.07 Å². The second kappa shape index (κ2) is 10.0. The van der Waals surface area contributed by atoms with Gasteiger partial charge in [-0.25, -0.2) is 4.98 Å². The molecule has 0 aliphatic carbocycles. The topological polar surface area (TPSA) is 107 Å². The molecule has 5 rings (SSSR count). The number of aromatic nitrogens is 4. The molecule has 0 bridgehead atoms. The van der Waals surface area contributed by atoms with Crippen molar-refractivity contribution in [1.29, 1.82) is 0 Å². The molecule has 0 unspecified atom stereocenters. The number of amides is 1. The summed E-state index contributed by atoms with van der Waals surface area (Å²) >= 11 is 0. The predicted octanol–water partition coefficient (Wildman–Crippen LogP) is 3.62. The van der Waals surface area contributed by atoms with Crippen molar-refractivity contribution in [2.75, 3.05) is 26.2 Å². The third-order valence-electron chi connectivity index (χ3n) is 6.18. The minimum absolute atomic E-state index is 0.00737. The molecule has 4 aromatic rings.